The zero-order valence-electron chi connectivity index (χ0n) is 11.3. The van der Waals surface area contributed by atoms with Crippen LogP contribution in [0.2, 0.25) is 0 Å². The minimum Gasteiger partial charge on any atom is -0.396 e. The van der Waals surface area contributed by atoms with Crippen molar-refractivity contribution in [3.63, 3.8) is 0 Å². The molecule has 0 spiro atoms. The Kier molecular flexibility index (Phi) is 5.77. The molecule has 18 heavy (non-hydrogen) atoms. The van der Waals surface area contributed by atoms with Gasteiger partial charge in [0.2, 0.25) is 11.9 Å². The van der Waals surface area contributed by atoms with Gasteiger partial charge in [-0.2, -0.15) is 15.0 Å². The SMILES string of the molecule is CCC(CCO)Nc1nc(N)nc(CC(C)C)n1. The molecule has 0 aliphatic rings. The number of nitrogens with zero attached hydrogens (tertiary/aromatic N) is 3. The van der Waals surface area contributed by atoms with Crippen molar-refractivity contribution in [2.24, 2.45) is 5.92 Å². The highest BCUT2D eigenvalue weighted by Gasteiger charge is 2.10. The molecule has 0 radical (unpaired) electrons. The van der Waals surface area contributed by atoms with Crippen molar-refractivity contribution in [1.82, 2.24) is 15.0 Å². The van der Waals surface area contributed by atoms with Crippen molar-refractivity contribution in [1.29, 1.82) is 0 Å². The van der Waals surface area contributed by atoms with Crippen molar-refractivity contribution in [2.75, 3.05) is 17.7 Å². The number of aliphatic hydroxyl groups is 1. The molecule has 4 N–H and O–H groups in total. The molecule has 0 bridgehead atoms. The van der Waals surface area contributed by atoms with Gasteiger partial charge >= 0.3 is 0 Å². The number of nitrogens with one attached hydrogen (secondary N) is 1. The summed E-state index contributed by atoms with van der Waals surface area (Å²) >= 11 is 0. The summed E-state index contributed by atoms with van der Waals surface area (Å²) in [7, 11) is 0. The molecule has 1 unspecified atom stereocenters. The van der Waals surface area contributed by atoms with E-state index in [9.17, 15) is 0 Å². The number of aliphatic hydroxyl groups excluding tert-OH is 1. The van der Waals surface area contributed by atoms with Crippen LogP contribution in [-0.4, -0.2) is 32.7 Å². The Hall–Kier alpha value is -1.43. The van der Waals surface area contributed by atoms with Gasteiger partial charge in [0, 0.05) is 19.1 Å². The minimum absolute atomic E-state index is 0.144. The maximum absolute atomic E-state index is 8.96. The van der Waals surface area contributed by atoms with E-state index in [4.69, 9.17) is 10.8 Å². The van der Waals surface area contributed by atoms with Crippen molar-refractivity contribution in [3.8, 4) is 0 Å². The second-order valence-electron chi connectivity index (χ2n) is 4.79. The van der Waals surface area contributed by atoms with Crippen molar-refractivity contribution < 1.29 is 5.11 Å². The zero-order chi connectivity index (χ0) is 13.5. The summed E-state index contributed by atoms with van der Waals surface area (Å²) in [6.45, 7) is 6.40. The third-order valence-electron chi connectivity index (χ3n) is 2.59. The predicted molar refractivity (Wildman–Crippen MR) is 72.2 cm³/mol. The molecule has 6 nitrogen and oxygen atoms in total. The molecule has 0 saturated heterocycles. The van der Waals surface area contributed by atoms with E-state index in [1.54, 1.807) is 0 Å². The molecular weight excluding hydrogens is 230 g/mol. The summed E-state index contributed by atoms with van der Waals surface area (Å²) in [5.41, 5.74) is 5.67. The van der Waals surface area contributed by atoms with Gasteiger partial charge in [0.1, 0.15) is 5.82 Å². The Bertz CT molecular complexity index is 369. The first kappa shape index (κ1) is 14.6. The highest BCUT2D eigenvalue weighted by molar-refractivity contribution is 5.32. The van der Waals surface area contributed by atoms with Crippen LogP contribution in [0.4, 0.5) is 11.9 Å². The molecule has 1 atom stereocenters. The van der Waals surface area contributed by atoms with Crippen LogP contribution < -0.4 is 11.1 Å². The summed E-state index contributed by atoms with van der Waals surface area (Å²) in [5, 5.41) is 12.1. The Morgan fingerprint density at radius 2 is 2.00 bits per heavy atom. The molecule has 0 saturated carbocycles. The molecule has 1 rings (SSSR count). The number of hydrogen-bond acceptors (Lipinski definition) is 6. The van der Waals surface area contributed by atoms with E-state index in [1.807, 2.05) is 6.92 Å². The van der Waals surface area contributed by atoms with Crippen LogP contribution in [0.25, 0.3) is 0 Å². The first-order valence-electron chi connectivity index (χ1n) is 6.43. The van der Waals surface area contributed by atoms with E-state index in [0.29, 0.717) is 24.1 Å². The second kappa shape index (κ2) is 7.10. The first-order chi connectivity index (χ1) is 8.55. The Labute approximate surface area is 108 Å². The molecular formula is C12H23N5O. The topological polar surface area (TPSA) is 97.0 Å². The van der Waals surface area contributed by atoms with Gasteiger partial charge in [-0.05, 0) is 18.8 Å². The van der Waals surface area contributed by atoms with Gasteiger partial charge in [-0.25, -0.2) is 0 Å². The third-order valence-corrected chi connectivity index (χ3v) is 2.59. The minimum atomic E-state index is 0.144. The predicted octanol–water partition coefficient (Wildman–Crippen LogP) is 1.23. The molecule has 0 amide bonds. The molecule has 0 aliphatic carbocycles. The van der Waals surface area contributed by atoms with Crippen LogP contribution >= 0.6 is 0 Å². The second-order valence-corrected chi connectivity index (χ2v) is 4.79. The maximum atomic E-state index is 8.96. The molecule has 1 heterocycles. The average Bonchev–Trinajstić information content (AvgIpc) is 2.26. The first-order valence-corrected chi connectivity index (χ1v) is 6.43. The fourth-order valence-electron chi connectivity index (χ4n) is 1.68. The van der Waals surface area contributed by atoms with Crippen molar-refractivity contribution in [2.45, 2.75) is 46.1 Å². The lowest BCUT2D eigenvalue weighted by Crippen LogP contribution is -2.22. The number of nitrogen functional groups attached to an aromatic ring is 1. The van der Waals surface area contributed by atoms with Crippen molar-refractivity contribution >= 4 is 11.9 Å². The van der Waals surface area contributed by atoms with Crippen LogP contribution in [0.15, 0.2) is 0 Å². The lowest BCUT2D eigenvalue weighted by molar-refractivity contribution is 0.278. The number of anilines is 2. The van der Waals surface area contributed by atoms with Gasteiger partial charge in [-0.15, -0.1) is 0 Å². The highest BCUT2D eigenvalue weighted by atomic mass is 16.3. The van der Waals surface area contributed by atoms with E-state index in [2.05, 4.69) is 34.1 Å². The molecule has 1 aromatic heterocycles. The standard InChI is InChI=1S/C12H23N5O/c1-4-9(5-6-18)14-12-16-10(7-8(2)3)15-11(13)17-12/h8-9,18H,4-7H2,1-3H3,(H3,13,14,15,16,17). The van der Waals surface area contributed by atoms with E-state index in [0.717, 1.165) is 12.8 Å². The van der Waals surface area contributed by atoms with E-state index in [1.165, 1.54) is 0 Å². The zero-order valence-corrected chi connectivity index (χ0v) is 11.3. The van der Waals surface area contributed by atoms with Crippen LogP contribution in [0.5, 0.6) is 0 Å². The van der Waals surface area contributed by atoms with Gasteiger partial charge in [0.05, 0.1) is 0 Å². The lowest BCUT2D eigenvalue weighted by atomic mass is 10.1. The molecule has 102 valence electrons. The third kappa shape index (κ3) is 4.83. The van der Waals surface area contributed by atoms with Gasteiger partial charge in [-0.1, -0.05) is 20.8 Å². The van der Waals surface area contributed by atoms with Gasteiger partial charge in [0.15, 0.2) is 0 Å². The summed E-state index contributed by atoms with van der Waals surface area (Å²) in [6, 6.07) is 0.156. The molecule has 0 fully saturated rings. The summed E-state index contributed by atoms with van der Waals surface area (Å²) in [5.74, 6) is 1.92. The van der Waals surface area contributed by atoms with E-state index >= 15 is 0 Å². The smallest absolute Gasteiger partial charge is 0.227 e. The van der Waals surface area contributed by atoms with E-state index < -0.39 is 0 Å². The monoisotopic (exact) mass is 253 g/mol. The van der Waals surface area contributed by atoms with Crippen LogP contribution in [0.3, 0.4) is 0 Å². The maximum Gasteiger partial charge on any atom is 0.227 e. The lowest BCUT2D eigenvalue weighted by Gasteiger charge is -2.16. The fourth-order valence-corrected chi connectivity index (χ4v) is 1.68. The molecule has 0 aromatic carbocycles. The molecule has 1 aromatic rings. The number of hydrogen-bond donors (Lipinski definition) is 3. The number of rotatable bonds is 7. The van der Waals surface area contributed by atoms with Crippen molar-refractivity contribution in [3.05, 3.63) is 5.82 Å². The number of aromatic nitrogens is 3. The Morgan fingerprint density at radius 3 is 2.56 bits per heavy atom. The fraction of sp³-hybridized carbons (Fsp3) is 0.750. The van der Waals surface area contributed by atoms with Gasteiger partial charge in [0.25, 0.3) is 0 Å². The highest BCUT2D eigenvalue weighted by Crippen LogP contribution is 2.10. The van der Waals surface area contributed by atoms with E-state index in [-0.39, 0.29) is 18.6 Å². The van der Waals surface area contributed by atoms with Crippen LogP contribution in [0.1, 0.15) is 39.4 Å². The van der Waals surface area contributed by atoms with Gasteiger partial charge < -0.3 is 16.2 Å². The summed E-state index contributed by atoms with van der Waals surface area (Å²) in [6.07, 6.45) is 2.34. The quantitative estimate of drug-likeness (QED) is 0.676. The molecule has 0 aliphatic heterocycles. The van der Waals surface area contributed by atoms with Gasteiger partial charge in [-0.3, -0.25) is 0 Å². The Balaban J connectivity index is 2.78. The van der Waals surface area contributed by atoms with Crippen LogP contribution in [-0.2, 0) is 6.42 Å². The summed E-state index contributed by atoms with van der Waals surface area (Å²) in [4.78, 5) is 12.5. The largest absolute Gasteiger partial charge is 0.396 e. The molecule has 6 heteroatoms. The average molecular weight is 253 g/mol. The Morgan fingerprint density at radius 1 is 1.28 bits per heavy atom. The number of nitrogens with two attached hydrogens (primary N) is 1. The summed E-state index contributed by atoms with van der Waals surface area (Å²) < 4.78 is 0. The normalized spacial score (nSPS) is 12.7. The van der Waals surface area contributed by atoms with Crippen LogP contribution in [0, 0.1) is 5.92 Å².